The summed E-state index contributed by atoms with van der Waals surface area (Å²) >= 11 is 0. The van der Waals surface area contributed by atoms with Crippen molar-refractivity contribution >= 4 is 23.1 Å². The molecule has 0 heterocycles. The molecule has 0 saturated carbocycles. The van der Waals surface area contributed by atoms with Crippen LogP contribution in [0.4, 0.5) is 17.3 Å². The van der Waals surface area contributed by atoms with E-state index in [1.54, 1.807) is 0 Å². The van der Waals surface area contributed by atoms with Crippen molar-refractivity contribution in [2.45, 2.75) is 117 Å². The number of rotatable bonds is 6. The standard InChI is InChI=1S/2C9H21P.Au.BF4/c2*1-7(2)10(8(3)4)9(5)6;;2-1(3,4)5/h2*7-9H,1-6H3;;/q;;+1;-1. The van der Waals surface area contributed by atoms with Crippen molar-refractivity contribution in [2.75, 3.05) is 0 Å². The zero-order valence-corrected chi connectivity index (χ0v) is 22.7. The van der Waals surface area contributed by atoms with Gasteiger partial charge in [-0.1, -0.05) is 98.9 Å². The maximum Gasteiger partial charge on any atom is 1.00 e. The molecule has 0 bridgehead atoms. The predicted octanol–water partition coefficient (Wildman–Crippen LogP) is 8.68. The first-order chi connectivity index (χ1) is 10.9. The Bertz CT molecular complexity index is 242. The van der Waals surface area contributed by atoms with Crippen molar-refractivity contribution in [3.05, 3.63) is 0 Å². The molecule has 0 aromatic carbocycles. The van der Waals surface area contributed by atoms with Crippen LogP contribution >= 0.6 is 15.8 Å². The predicted molar refractivity (Wildman–Crippen MR) is 115 cm³/mol. The Kier molecular flexibility index (Phi) is 23.1. The molecule has 0 spiro atoms. The van der Waals surface area contributed by atoms with Crippen molar-refractivity contribution < 1.29 is 39.6 Å². The monoisotopic (exact) mass is 604 g/mol. The molecule has 0 radical (unpaired) electrons. The molecule has 8 heteroatoms. The van der Waals surface area contributed by atoms with Gasteiger partial charge in [-0.05, 0) is 34.0 Å². The molecule has 26 heavy (non-hydrogen) atoms. The maximum atomic E-state index is 9.75. The maximum absolute atomic E-state index is 9.75. The van der Waals surface area contributed by atoms with E-state index in [2.05, 4.69) is 83.1 Å². The van der Waals surface area contributed by atoms with Gasteiger partial charge in [-0.25, -0.2) is 0 Å². The van der Waals surface area contributed by atoms with E-state index in [1.165, 1.54) is 0 Å². The number of halogens is 4. The minimum atomic E-state index is -6.00. The molecule has 0 atom stereocenters. The quantitative estimate of drug-likeness (QED) is 0.162. The van der Waals surface area contributed by atoms with Crippen molar-refractivity contribution in [2.24, 2.45) is 0 Å². The van der Waals surface area contributed by atoms with Crippen LogP contribution in [-0.2, 0) is 22.4 Å². The van der Waals surface area contributed by atoms with E-state index in [1.807, 2.05) is 0 Å². The van der Waals surface area contributed by atoms with Gasteiger partial charge >= 0.3 is 29.6 Å². The van der Waals surface area contributed by atoms with Crippen LogP contribution in [0, 0.1) is 0 Å². The third-order valence-electron chi connectivity index (χ3n) is 3.58. The molecule has 0 aliphatic heterocycles. The van der Waals surface area contributed by atoms with Gasteiger partial charge in [-0.2, -0.15) is 0 Å². The first-order valence-corrected chi connectivity index (χ1v) is 12.4. The molecule has 0 amide bonds. The topological polar surface area (TPSA) is 0 Å². The van der Waals surface area contributed by atoms with Crippen molar-refractivity contribution in [3.63, 3.8) is 0 Å². The minimum Gasteiger partial charge on any atom is -0.418 e. The molecule has 166 valence electrons. The Balaban J connectivity index is -0.000000145. The van der Waals surface area contributed by atoms with Gasteiger partial charge in [0.15, 0.2) is 0 Å². The van der Waals surface area contributed by atoms with Crippen LogP contribution in [0.25, 0.3) is 0 Å². The van der Waals surface area contributed by atoms with Gasteiger partial charge in [-0.3, -0.25) is 0 Å². The van der Waals surface area contributed by atoms with Gasteiger partial charge in [0, 0.05) is 0 Å². The van der Waals surface area contributed by atoms with E-state index in [9.17, 15) is 17.3 Å². The zero-order chi connectivity index (χ0) is 21.1. The van der Waals surface area contributed by atoms with E-state index in [-0.39, 0.29) is 38.2 Å². The average Bonchev–Trinajstić information content (AvgIpc) is 2.22. The molecule has 0 nitrogen and oxygen atoms in total. The molecular weight excluding hydrogens is 562 g/mol. The first kappa shape index (κ1) is 34.9. The van der Waals surface area contributed by atoms with Gasteiger partial charge in [0.2, 0.25) is 0 Å². The van der Waals surface area contributed by atoms with Crippen LogP contribution in [0.15, 0.2) is 0 Å². The molecule has 0 saturated heterocycles. The Hall–Kier alpha value is 1.39. The summed E-state index contributed by atoms with van der Waals surface area (Å²) in [6.07, 6.45) is 0. The van der Waals surface area contributed by atoms with E-state index >= 15 is 0 Å². The molecule has 0 aliphatic rings. The summed E-state index contributed by atoms with van der Waals surface area (Å²) in [4.78, 5) is 0. The Morgan fingerprint density at radius 3 is 0.500 bits per heavy atom. The summed E-state index contributed by atoms with van der Waals surface area (Å²) in [5.74, 6) is 0. The summed E-state index contributed by atoms with van der Waals surface area (Å²) in [5.41, 5.74) is 5.39. The van der Waals surface area contributed by atoms with Crippen LogP contribution in [0.1, 0.15) is 83.1 Å². The van der Waals surface area contributed by atoms with Crippen LogP contribution in [0.2, 0.25) is 0 Å². The fraction of sp³-hybridized carbons (Fsp3) is 1.00. The summed E-state index contributed by atoms with van der Waals surface area (Å²) in [5, 5.41) is 0. The largest absolute Gasteiger partial charge is 1.00 e. The normalized spacial score (nSPS) is 12.0. The number of hydrogen-bond acceptors (Lipinski definition) is 0. The molecule has 0 aliphatic carbocycles. The van der Waals surface area contributed by atoms with Crippen LogP contribution in [0.5, 0.6) is 0 Å². The first-order valence-electron chi connectivity index (χ1n) is 9.35. The van der Waals surface area contributed by atoms with E-state index in [0.717, 1.165) is 34.0 Å². The minimum absolute atomic E-state index is 0. The smallest absolute Gasteiger partial charge is 0.418 e. The fourth-order valence-electron chi connectivity index (χ4n) is 3.58. The van der Waals surface area contributed by atoms with E-state index < -0.39 is 7.25 Å². The summed E-state index contributed by atoms with van der Waals surface area (Å²) < 4.78 is 39.0. The molecule has 0 aromatic heterocycles. The van der Waals surface area contributed by atoms with Crippen molar-refractivity contribution in [1.82, 2.24) is 0 Å². The van der Waals surface area contributed by atoms with Gasteiger partial charge < -0.3 is 17.3 Å². The number of hydrogen-bond donors (Lipinski definition) is 0. The molecule has 0 unspecified atom stereocenters. The fourth-order valence-corrected chi connectivity index (χ4v) is 10.7. The Labute approximate surface area is 179 Å². The Morgan fingerprint density at radius 2 is 0.500 bits per heavy atom. The molecule has 0 fully saturated rings. The van der Waals surface area contributed by atoms with Gasteiger partial charge in [-0.15, -0.1) is 0 Å². The van der Waals surface area contributed by atoms with Crippen LogP contribution in [0.3, 0.4) is 0 Å². The molecule has 0 rings (SSSR count). The van der Waals surface area contributed by atoms with E-state index in [0.29, 0.717) is 0 Å². The third-order valence-corrected chi connectivity index (χ3v) is 10.7. The van der Waals surface area contributed by atoms with Gasteiger partial charge in [0.25, 0.3) is 0 Å². The molecule has 0 aromatic rings. The molecule has 0 N–H and O–H groups in total. The summed E-state index contributed by atoms with van der Waals surface area (Å²) in [6, 6.07) is 0. The van der Waals surface area contributed by atoms with Gasteiger partial charge in [0.1, 0.15) is 0 Å². The van der Waals surface area contributed by atoms with Crippen molar-refractivity contribution in [1.29, 1.82) is 0 Å². The van der Waals surface area contributed by atoms with Gasteiger partial charge in [0.05, 0.1) is 0 Å². The second-order valence-electron chi connectivity index (χ2n) is 7.95. The molecular formula is C18H42AuBF4P2. The average molecular weight is 604 g/mol. The van der Waals surface area contributed by atoms with E-state index in [4.69, 9.17) is 0 Å². The second-order valence-corrected chi connectivity index (χ2v) is 15.9. The third kappa shape index (κ3) is 23.4. The second kappa shape index (κ2) is 17.3. The summed E-state index contributed by atoms with van der Waals surface area (Å²) in [7, 11) is -5.48. The van der Waals surface area contributed by atoms with Crippen LogP contribution < -0.4 is 0 Å². The summed E-state index contributed by atoms with van der Waals surface area (Å²) in [6.45, 7) is 28.2. The van der Waals surface area contributed by atoms with Crippen LogP contribution in [-0.4, -0.2) is 41.2 Å². The SMILES string of the molecule is CC(C)P(C(C)C)C(C)C.CC(C)P(C(C)C)C(C)C.F[B-](F)(F)F.[Au+]. The zero-order valence-electron chi connectivity index (χ0n) is 18.7. The Morgan fingerprint density at radius 1 is 0.423 bits per heavy atom. The van der Waals surface area contributed by atoms with Crippen molar-refractivity contribution in [3.8, 4) is 0 Å².